The van der Waals surface area contributed by atoms with Gasteiger partial charge in [0.25, 0.3) is 0 Å². The van der Waals surface area contributed by atoms with Crippen LogP contribution in [-0.2, 0) is 13.1 Å². The Labute approximate surface area is 153 Å². The summed E-state index contributed by atoms with van der Waals surface area (Å²) in [6.45, 7) is 3.06. The SMILES string of the molecule is C[C@H](c1ccccn1)N(C)C(=O)NCc1nccn1Cc1ccccc1. The Morgan fingerprint density at radius 1 is 1.12 bits per heavy atom. The van der Waals surface area contributed by atoms with Crippen molar-refractivity contribution in [3.05, 3.63) is 84.2 Å². The molecule has 0 aliphatic carbocycles. The Morgan fingerprint density at radius 2 is 1.88 bits per heavy atom. The molecule has 0 saturated heterocycles. The van der Waals surface area contributed by atoms with Crippen molar-refractivity contribution < 1.29 is 4.79 Å². The third-order valence-corrected chi connectivity index (χ3v) is 4.41. The normalized spacial score (nSPS) is 11.8. The van der Waals surface area contributed by atoms with E-state index in [0.29, 0.717) is 6.54 Å². The van der Waals surface area contributed by atoms with Crippen LogP contribution in [-0.4, -0.2) is 32.5 Å². The van der Waals surface area contributed by atoms with Crippen LogP contribution in [0.1, 0.15) is 30.0 Å². The molecular weight excluding hydrogens is 326 g/mol. The van der Waals surface area contributed by atoms with E-state index in [0.717, 1.165) is 18.1 Å². The van der Waals surface area contributed by atoms with Gasteiger partial charge in [0, 0.05) is 32.2 Å². The lowest BCUT2D eigenvalue weighted by Gasteiger charge is -2.24. The molecule has 1 atom stereocenters. The standard InChI is InChI=1S/C20H23N5O/c1-16(18-10-6-7-11-21-18)24(2)20(26)23-14-19-22-12-13-25(19)15-17-8-4-3-5-9-17/h3-13,16H,14-15H2,1-2H3,(H,23,26)/t16-/m1/s1. The number of nitrogens with zero attached hydrogens (tertiary/aromatic N) is 4. The molecule has 26 heavy (non-hydrogen) atoms. The van der Waals surface area contributed by atoms with Crippen molar-refractivity contribution in [1.82, 2.24) is 24.8 Å². The van der Waals surface area contributed by atoms with Gasteiger partial charge in [-0.05, 0) is 24.6 Å². The summed E-state index contributed by atoms with van der Waals surface area (Å²) >= 11 is 0. The van der Waals surface area contributed by atoms with Crippen molar-refractivity contribution in [1.29, 1.82) is 0 Å². The van der Waals surface area contributed by atoms with E-state index in [9.17, 15) is 4.79 Å². The van der Waals surface area contributed by atoms with Gasteiger partial charge in [-0.1, -0.05) is 36.4 Å². The number of hydrogen-bond donors (Lipinski definition) is 1. The number of nitrogens with one attached hydrogen (secondary N) is 1. The molecule has 2 aromatic heterocycles. The number of aromatic nitrogens is 3. The smallest absolute Gasteiger partial charge is 0.318 e. The van der Waals surface area contributed by atoms with Crippen LogP contribution in [0.5, 0.6) is 0 Å². The van der Waals surface area contributed by atoms with Crippen LogP contribution in [0, 0.1) is 0 Å². The molecule has 0 saturated carbocycles. The van der Waals surface area contributed by atoms with Crippen molar-refractivity contribution in [3.63, 3.8) is 0 Å². The predicted molar refractivity (Wildman–Crippen MR) is 100 cm³/mol. The van der Waals surface area contributed by atoms with Gasteiger partial charge < -0.3 is 14.8 Å². The van der Waals surface area contributed by atoms with E-state index in [1.165, 1.54) is 5.56 Å². The topological polar surface area (TPSA) is 63.1 Å². The lowest BCUT2D eigenvalue weighted by Crippen LogP contribution is -2.39. The predicted octanol–water partition coefficient (Wildman–Crippen LogP) is 3.23. The van der Waals surface area contributed by atoms with E-state index in [1.807, 2.05) is 54.1 Å². The average Bonchev–Trinajstić information content (AvgIpc) is 3.13. The van der Waals surface area contributed by atoms with Crippen LogP contribution in [0.4, 0.5) is 4.79 Å². The highest BCUT2D eigenvalue weighted by Gasteiger charge is 2.18. The second kappa shape index (κ2) is 8.29. The van der Waals surface area contributed by atoms with Crippen molar-refractivity contribution in [3.8, 4) is 0 Å². The first kappa shape index (κ1) is 17.7. The number of carbonyl (C=O) groups is 1. The Hall–Kier alpha value is -3.15. The number of urea groups is 1. The number of benzene rings is 1. The minimum Gasteiger partial charge on any atom is -0.331 e. The quantitative estimate of drug-likeness (QED) is 0.743. The minimum absolute atomic E-state index is 0.111. The van der Waals surface area contributed by atoms with E-state index in [4.69, 9.17) is 0 Å². The second-order valence-corrected chi connectivity index (χ2v) is 6.16. The number of imidazole rings is 1. The van der Waals surface area contributed by atoms with Crippen molar-refractivity contribution in [2.24, 2.45) is 0 Å². The van der Waals surface area contributed by atoms with E-state index in [-0.39, 0.29) is 12.1 Å². The fourth-order valence-electron chi connectivity index (χ4n) is 2.71. The van der Waals surface area contributed by atoms with E-state index in [2.05, 4.69) is 27.4 Å². The average molecular weight is 349 g/mol. The molecule has 1 aromatic carbocycles. The molecule has 6 heteroatoms. The summed E-state index contributed by atoms with van der Waals surface area (Å²) in [5, 5.41) is 2.94. The van der Waals surface area contributed by atoms with Crippen LogP contribution >= 0.6 is 0 Å². The molecule has 3 aromatic rings. The first-order chi connectivity index (χ1) is 12.6. The molecule has 0 unspecified atom stereocenters. The lowest BCUT2D eigenvalue weighted by molar-refractivity contribution is 0.192. The zero-order chi connectivity index (χ0) is 18.4. The van der Waals surface area contributed by atoms with Gasteiger partial charge in [0.2, 0.25) is 0 Å². The van der Waals surface area contributed by atoms with E-state index in [1.54, 1.807) is 24.3 Å². The summed E-state index contributed by atoms with van der Waals surface area (Å²) in [5.74, 6) is 0.820. The largest absolute Gasteiger partial charge is 0.331 e. The maximum Gasteiger partial charge on any atom is 0.318 e. The molecule has 134 valence electrons. The number of carbonyl (C=O) groups excluding carboxylic acids is 1. The fraction of sp³-hybridized carbons (Fsp3) is 0.250. The maximum absolute atomic E-state index is 12.5. The Bertz CT molecular complexity index is 832. The first-order valence-corrected chi connectivity index (χ1v) is 8.60. The molecule has 1 N–H and O–H groups in total. The molecule has 0 radical (unpaired) electrons. The third-order valence-electron chi connectivity index (χ3n) is 4.41. The maximum atomic E-state index is 12.5. The van der Waals surface area contributed by atoms with E-state index < -0.39 is 0 Å². The summed E-state index contributed by atoms with van der Waals surface area (Å²) in [5.41, 5.74) is 2.05. The van der Waals surface area contributed by atoms with Gasteiger partial charge in [0.1, 0.15) is 5.82 Å². The first-order valence-electron chi connectivity index (χ1n) is 8.60. The second-order valence-electron chi connectivity index (χ2n) is 6.16. The van der Waals surface area contributed by atoms with Crippen LogP contribution in [0.25, 0.3) is 0 Å². The zero-order valence-electron chi connectivity index (χ0n) is 15.0. The van der Waals surface area contributed by atoms with Gasteiger partial charge in [-0.25, -0.2) is 9.78 Å². The van der Waals surface area contributed by atoms with Crippen molar-refractivity contribution in [2.45, 2.75) is 26.1 Å². The Balaban J connectivity index is 1.59. The highest BCUT2D eigenvalue weighted by Crippen LogP contribution is 2.15. The van der Waals surface area contributed by atoms with E-state index >= 15 is 0 Å². The van der Waals surface area contributed by atoms with Gasteiger partial charge in [0.15, 0.2) is 0 Å². The molecule has 3 rings (SSSR count). The van der Waals surface area contributed by atoms with Crippen LogP contribution in [0.3, 0.4) is 0 Å². The van der Waals surface area contributed by atoms with Gasteiger partial charge >= 0.3 is 6.03 Å². The van der Waals surface area contributed by atoms with Crippen molar-refractivity contribution in [2.75, 3.05) is 7.05 Å². The molecule has 2 amide bonds. The summed E-state index contributed by atoms with van der Waals surface area (Å²) < 4.78 is 2.04. The Kier molecular flexibility index (Phi) is 5.63. The molecule has 0 spiro atoms. The third kappa shape index (κ3) is 4.27. The molecule has 6 nitrogen and oxygen atoms in total. The monoisotopic (exact) mass is 349 g/mol. The van der Waals surface area contributed by atoms with Crippen molar-refractivity contribution >= 4 is 6.03 Å². The summed E-state index contributed by atoms with van der Waals surface area (Å²) in [7, 11) is 1.77. The molecular formula is C20H23N5O. The van der Waals surface area contributed by atoms with Crippen LogP contribution in [0.2, 0.25) is 0 Å². The molecule has 0 aliphatic rings. The van der Waals surface area contributed by atoms with Crippen LogP contribution < -0.4 is 5.32 Å². The molecule has 2 heterocycles. The number of hydrogen-bond acceptors (Lipinski definition) is 3. The molecule has 0 bridgehead atoms. The highest BCUT2D eigenvalue weighted by atomic mass is 16.2. The van der Waals surface area contributed by atoms with Crippen LogP contribution in [0.15, 0.2) is 67.1 Å². The number of rotatable bonds is 6. The number of amides is 2. The van der Waals surface area contributed by atoms with Gasteiger partial charge in [-0.3, -0.25) is 4.98 Å². The summed E-state index contributed by atoms with van der Waals surface area (Å²) in [6, 6.07) is 15.6. The fourth-order valence-corrected chi connectivity index (χ4v) is 2.71. The highest BCUT2D eigenvalue weighted by molar-refractivity contribution is 5.74. The van der Waals surface area contributed by atoms with Gasteiger partial charge in [-0.2, -0.15) is 0 Å². The minimum atomic E-state index is -0.155. The van der Waals surface area contributed by atoms with Gasteiger partial charge in [0.05, 0.1) is 18.3 Å². The number of pyridine rings is 1. The summed E-state index contributed by atoms with van der Waals surface area (Å²) in [6.07, 6.45) is 5.41. The molecule has 0 aliphatic heterocycles. The Morgan fingerprint density at radius 3 is 2.62 bits per heavy atom. The summed E-state index contributed by atoms with van der Waals surface area (Å²) in [4.78, 5) is 22.8. The van der Waals surface area contributed by atoms with Gasteiger partial charge in [-0.15, -0.1) is 0 Å². The zero-order valence-corrected chi connectivity index (χ0v) is 15.0. The molecule has 0 fully saturated rings. The lowest BCUT2D eigenvalue weighted by atomic mass is 10.2.